The fourth-order valence-corrected chi connectivity index (χ4v) is 1.73. The van der Waals surface area contributed by atoms with Gasteiger partial charge in [-0.25, -0.2) is 15.2 Å². The van der Waals surface area contributed by atoms with E-state index in [0.717, 1.165) is 16.1 Å². The number of benzene rings is 1. The number of amides is 2. The lowest BCUT2D eigenvalue weighted by Gasteiger charge is -2.25. The number of anilines is 1. The Bertz CT molecular complexity index is 453. The summed E-state index contributed by atoms with van der Waals surface area (Å²) in [7, 11) is 2.65. The fraction of sp³-hybridized carbons (Fsp3) is 0.385. The van der Waals surface area contributed by atoms with Crippen molar-refractivity contribution in [3.05, 3.63) is 29.3 Å². The number of carbonyl (C=O) groups excluding carboxylic acids is 2. The Morgan fingerprint density at radius 3 is 2.26 bits per heavy atom. The Balaban J connectivity index is 3.15. The molecule has 1 aromatic rings. The quantitative estimate of drug-likeness (QED) is 0.843. The van der Waals surface area contributed by atoms with Crippen LogP contribution in [-0.2, 0) is 14.3 Å². The molecule has 0 unspecified atom stereocenters. The maximum absolute atomic E-state index is 12.0. The fourth-order valence-electron chi connectivity index (χ4n) is 1.73. The first-order valence-electron chi connectivity index (χ1n) is 5.74. The van der Waals surface area contributed by atoms with Gasteiger partial charge in [-0.3, -0.25) is 4.79 Å². The van der Waals surface area contributed by atoms with E-state index in [4.69, 9.17) is 4.74 Å². The second kappa shape index (κ2) is 6.75. The van der Waals surface area contributed by atoms with Crippen molar-refractivity contribution in [1.29, 1.82) is 0 Å². The molecule has 0 aliphatic rings. The van der Waals surface area contributed by atoms with Gasteiger partial charge in [0, 0.05) is 7.11 Å². The molecule has 19 heavy (non-hydrogen) atoms. The molecule has 2 amide bonds. The number of rotatable bonds is 3. The Labute approximate surface area is 112 Å². The topological polar surface area (TPSA) is 67.9 Å². The predicted molar refractivity (Wildman–Crippen MR) is 70.8 cm³/mol. The normalized spacial score (nSPS) is 9.89. The highest BCUT2D eigenvalue weighted by Gasteiger charge is 2.21. The first-order valence-corrected chi connectivity index (χ1v) is 5.74. The van der Waals surface area contributed by atoms with Gasteiger partial charge >= 0.3 is 6.09 Å². The summed E-state index contributed by atoms with van der Waals surface area (Å²) in [6.07, 6.45) is -0.716. The molecule has 0 aliphatic carbocycles. The van der Waals surface area contributed by atoms with Crippen LogP contribution in [0.4, 0.5) is 10.5 Å². The molecule has 0 radical (unpaired) electrons. The Morgan fingerprint density at radius 2 is 1.79 bits per heavy atom. The van der Waals surface area contributed by atoms with Gasteiger partial charge in [0.15, 0.2) is 0 Å². The van der Waals surface area contributed by atoms with Crippen LogP contribution >= 0.6 is 0 Å². The Morgan fingerprint density at radius 1 is 1.21 bits per heavy atom. The Kier molecular flexibility index (Phi) is 5.32. The minimum absolute atomic E-state index is 0.141. The number of para-hydroxylation sites is 1. The molecule has 1 rings (SSSR count). The molecule has 0 saturated heterocycles. The SMILES string of the molecule is COCC(=O)N(NC(=O)OC)c1c(C)cccc1C. The molecule has 0 saturated carbocycles. The predicted octanol–water partition coefficient (Wildman–Crippen LogP) is 1.55. The number of ether oxygens (including phenoxy) is 2. The lowest BCUT2D eigenvalue weighted by atomic mass is 10.1. The van der Waals surface area contributed by atoms with Crippen LogP contribution in [0.3, 0.4) is 0 Å². The monoisotopic (exact) mass is 266 g/mol. The number of carbonyl (C=O) groups is 2. The van der Waals surface area contributed by atoms with Crippen molar-refractivity contribution in [2.45, 2.75) is 13.8 Å². The first kappa shape index (κ1) is 15.0. The number of hydrazine groups is 1. The van der Waals surface area contributed by atoms with E-state index in [2.05, 4.69) is 10.2 Å². The second-order valence-electron chi connectivity index (χ2n) is 4.01. The third kappa shape index (κ3) is 3.69. The van der Waals surface area contributed by atoms with Crippen molar-refractivity contribution in [2.24, 2.45) is 0 Å². The van der Waals surface area contributed by atoms with Crippen molar-refractivity contribution >= 4 is 17.7 Å². The lowest BCUT2D eigenvalue weighted by Crippen LogP contribution is -2.48. The summed E-state index contributed by atoms with van der Waals surface area (Å²) in [6.45, 7) is 3.57. The van der Waals surface area contributed by atoms with E-state index in [9.17, 15) is 9.59 Å². The summed E-state index contributed by atoms with van der Waals surface area (Å²) in [5, 5.41) is 1.15. The van der Waals surface area contributed by atoms with Gasteiger partial charge in [-0.2, -0.15) is 0 Å². The van der Waals surface area contributed by atoms with Gasteiger partial charge in [0.05, 0.1) is 12.8 Å². The van der Waals surface area contributed by atoms with E-state index < -0.39 is 6.09 Å². The highest BCUT2D eigenvalue weighted by atomic mass is 16.5. The van der Waals surface area contributed by atoms with Crippen LogP contribution in [0.15, 0.2) is 18.2 Å². The second-order valence-corrected chi connectivity index (χ2v) is 4.01. The van der Waals surface area contributed by atoms with Crippen LogP contribution in [0.2, 0.25) is 0 Å². The van der Waals surface area contributed by atoms with Crippen LogP contribution in [0.1, 0.15) is 11.1 Å². The van der Waals surface area contributed by atoms with Crippen molar-refractivity contribution in [2.75, 3.05) is 25.8 Å². The molecule has 0 aromatic heterocycles. The lowest BCUT2D eigenvalue weighted by molar-refractivity contribution is -0.122. The minimum atomic E-state index is -0.716. The smallest absolute Gasteiger partial charge is 0.426 e. The summed E-state index contributed by atoms with van der Waals surface area (Å²) in [4.78, 5) is 23.4. The number of hydrogen-bond donors (Lipinski definition) is 1. The van der Waals surface area contributed by atoms with Crippen molar-refractivity contribution in [3.8, 4) is 0 Å². The molecule has 0 fully saturated rings. The Hall–Kier alpha value is -2.08. The van der Waals surface area contributed by atoms with Crippen LogP contribution in [-0.4, -0.2) is 32.8 Å². The summed E-state index contributed by atoms with van der Waals surface area (Å²) in [5.41, 5.74) is 4.74. The maximum atomic E-state index is 12.0. The third-order valence-corrected chi connectivity index (χ3v) is 2.57. The third-order valence-electron chi connectivity index (χ3n) is 2.57. The summed E-state index contributed by atoms with van der Waals surface area (Å²) in [6, 6.07) is 5.59. The molecule has 0 aliphatic heterocycles. The molecule has 0 atom stereocenters. The van der Waals surface area contributed by atoms with Gasteiger partial charge in [-0.15, -0.1) is 0 Å². The number of nitrogens with zero attached hydrogens (tertiary/aromatic N) is 1. The maximum Gasteiger partial charge on any atom is 0.426 e. The van der Waals surface area contributed by atoms with E-state index in [1.54, 1.807) is 0 Å². The molecule has 104 valence electrons. The van der Waals surface area contributed by atoms with Crippen molar-refractivity contribution in [3.63, 3.8) is 0 Å². The highest BCUT2D eigenvalue weighted by molar-refractivity contribution is 5.97. The molecule has 1 aromatic carbocycles. The number of methoxy groups -OCH3 is 2. The molecule has 6 nitrogen and oxygen atoms in total. The summed E-state index contributed by atoms with van der Waals surface area (Å²) >= 11 is 0. The zero-order valence-electron chi connectivity index (χ0n) is 11.5. The minimum Gasteiger partial charge on any atom is -0.452 e. The molecule has 6 heteroatoms. The largest absolute Gasteiger partial charge is 0.452 e. The van der Waals surface area contributed by atoms with E-state index in [0.29, 0.717) is 5.69 Å². The molecule has 0 heterocycles. The van der Waals surface area contributed by atoms with Crippen LogP contribution in [0.5, 0.6) is 0 Å². The molecular weight excluding hydrogens is 248 g/mol. The van der Waals surface area contributed by atoms with Crippen molar-refractivity contribution in [1.82, 2.24) is 5.43 Å². The van der Waals surface area contributed by atoms with Gasteiger partial charge in [-0.1, -0.05) is 18.2 Å². The number of nitrogens with one attached hydrogen (secondary N) is 1. The van der Waals surface area contributed by atoms with Gasteiger partial charge in [0.1, 0.15) is 6.61 Å². The average Bonchev–Trinajstić information content (AvgIpc) is 2.37. The van der Waals surface area contributed by atoms with E-state index >= 15 is 0 Å². The van der Waals surface area contributed by atoms with Gasteiger partial charge in [-0.05, 0) is 25.0 Å². The summed E-state index contributed by atoms with van der Waals surface area (Å²) in [5.74, 6) is -0.384. The average molecular weight is 266 g/mol. The van der Waals surface area contributed by atoms with Gasteiger partial charge in [0.25, 0.3) is 5.91 Å². The standard InChI is InChI=1S/C13H18N2O4/c1-9-6-5-7-10(2)12(9)15(11(16)8-18-3)14-13(17)19-4/h5-7H,8H2,1-4H3,(H,14,17). The van der Waals surface area contributed by atoms with E-state index in [1.165, 1.54) is 14.2 Å². The van der Waals surface area contributed by atoms with E-state index in [-0.39, 0.29) is 12.5 Å². The number of hydrogen-bond acceptors (Lipinski definition) is 4. The van der Waals surface area contributed by atoms with Gasteiger partial charge < -0.3 is 9.47 Å². The molecule has 1 N–H and O–H groups in total. The highest BCUT2D eigenvalue weighted by Crippen LogP contribution is 2.23. The molecule has 0 bridgehead atoms. The number of aryl methyl sites for hydroxylation is 2. The zero-order valence-corrected chi connectivity index (χ0v) is 11.5. The summed E-state index contributed by atoms with van der Waals surface area (Å²) < 4.78 is 9.34. The van der Waals surface area contributed by atoms with Crippen molar-refractivity contribution < 1.29 is 19.1 Å². The first-order chi connectivity index (χ1) is 9.01. The molecular formula is C13H18N2O4. The van der Waals surface area contributed by atoms with Crippen LogP contribution in [0, 0.1) is 13.8 Å². The molecule has 0 spiro atoms. The van der Waals surface area contributed by atoms with E-state index in [1.807, 2.05) is 32.0 Å². The van der Waals surface area contributed by atoms with Crippen LogP contribution in [0.25, 0.3) is 0 Å². The zero-order chi connectivity index (χ0) is 14.4. The van der Waals surface area contributed by atoms with Gasteiger partial charge in [0.2, 0.25) is 0 Å². The van der Waals surface area contributed by atoms with Crippen LogP contribution < -0.4 is 10.4 Å².